The van der Waals surface area contributed by atoms with E-state index in [0.29, 0.717) is 5.30 Å². The molecule has 2 aromatic carbocycles. The van der Waals surface area contributed by atoms with Gasteiger partial charge in [0.2, 0.25) is 0 Å². The summed E-state index contributed by atoms with van der Waals surface area (Å²) >= 11 is 0. The Morgan fingerprint density at radius 3 is 2.32 bits per heavy atom. The van der Waals surface area contributed by atoms with Gasteiger partial charge in [-0.3, -0.25) is 0 Å². The largest absolute Gasteiger partial charge is 1.00 e. The predicted molar refractivity (Wildman–Crippen MR) is 87.0 cm³/mol. The zero-order valence-corrected chi connectivity index (χ0v) is 16.7. The van der Waals surface area contributed by atoms with Crippen LogP contribution in [0, 0.1) is 0 Å². The van der Waals surface area contributed by atoms with E-state index < -0.39 is 10.1 Å². The van der Waals surface area contributed by atoms with Crippen molar-refractivity contribution in [2.24, 2.45) is 0 Å². The number of aryl methyl sites for hydroxylation is 1. The van der Waals surface area contributed by atoms with Gasteiger partial charge in [0.1, 0.15) is 10.1 Å². The van der Waals surface area contributed by atoms with E-state index in [0.717, 1.165) is 30.1 Å². The molecule has 6 heteroatoms. The molecule has 0 aliphatic rings. The summed E-state index contributed by atoms with van der Waals surface area (Å²) in [5.74, 6) is 0. The van der Waals surface area contributed by atoms with Crippen LogP contribution in [0.25, 0.3) is 0 Å². The summed E-state index contributed by atoms with van der Waals surface area (Å²) < 4.78 is 34.6. The first kappa shape index (κ1) is 19.8. The summed E-state index contributed by atoms with van der Waals surface area (Å²) in [6.07, 6.45) is 2.81. The van der Waals surface area contributed by atoms with E-state index in [2.05, 4.69) is 6.92 Å². The molecule has 2 rings (SSSR count). The topological polar surface area (TPSA) is 57.2 Å². The van der Waals surface area contributed by atoms with E-state index in [9.17, 15) is 13.0 Å². The Labute approximate surface area is 156 Å². The maximum atomic E-state index is 11.5. The van der Waals surface area contributed by atoms with E-state index in [1.54, 1.807) is 6.07 Å². The molecule has 0 fully saturated rings. The van der Waals surface area contributed by atoms with Crippen LogP contribution in [0.2, 0.25) is 0 Å². The molecule has 0 N–H and O–H groups in total. The fourth-order valence-electron chi connectivity index (χ4n) is 2.17. The number of benzene rings is 2. The van der Waals surface area contributed by atoms with Crippen LogP contribution in [0.4, 0.5) is 0 Å². The predicted octanol–water partition coefficient (Wildman–Crippen LogP) is -0.433. The molecule has 1 atom stereocenters. The number of hydrogen-bond acceptors (Lipinski definition) is 3. The molecule has 112 valence electrons. The quantitative estimate of drug-likeness (QED) is 0.406. The fraction of sp³-hybridized carbons (Fsp3) is 0.250. The number of rotatable bonds is 6. The van der Waals surface area contributed by atoms with Gasteiger partial charge in [0.15, 0.2) is 0 Å². The van der Waals surface area contributed by atoms with Crippen molar-refractivity contribution < 1.29 is 42.5 Å². The summed E-state index contributed by atoms with van der Waals surface area (Å²) in [6.45, 7) is 2.09. The molecule has 0 spiro atoms. The van der Waals surface area contributed by atoms with Crippen molar-refractivity contribution in [2.75, 3.05) is 0 Å². The van der Waals surface area contributed by atoms with Crippen molar-refractivity contribution in [2.45, 2.75) is 31.1 Å². The molecule has 0 aliphatic heterocycles. The Morgan fingerprint density at radius 1 is 1.05 bits per heavy atom. The minimum Gasteiger partial charge on any atom is -0.744 e. The Bertz CT molecular complexity index is 703. The van der Waals surface area contributed by atoms with Crippen LogP contribution in [0.5, 0.6) is 0 Å². The van der Waals surface area contributed by atoms with Crippen LogP contribution in [0.3, 0.4) is 0 Å². The molecule has 0 heterocycles. The molecule has 1 unspecified atom stereocenters. The third kappa shape index (κ3) is 5.45. The van der Waals surface area contributed by atoms with Gasteiger partial charge in [0, 0.05) is 0 Å². The molecule has 22 heavy (non-hydrogen) atoms. The van der Waals surface area contributed by atoms with Crippen LogP contribution in [-0.2, 0) is 16.5 Å². The molecule has 0 amide bonds. The molecule has 0 aromatic heterocycles. The molecule has 0 aliphatic carbocycles. The standard InChI is InChI=1S/C16H19O3PS.Na/c1-2-3-8-13-9-7-12-15(21(17,18)19)16(13)20-14-10-5-4-6-11-14;/h4-7,9-12,20H,2-3,8H2,1H3,(H,17,18,19);/q;+1/p-1. The van der Waals surface area contributed by atoms with Gasteiger partial charge in [-0.05, 0) is 35.1 Å². The number of hydrogen-bond donors (Lipinski definition) is 0. The molecule has 0 saturated heterocycles. The second-order valence-electron chi connectivity index (χ2n) is 4.84. The Balaban J connectivity index is 0.00000242. The van der Waals surface area contributed by atoms with Gasteiger partial charge in [-0.2, -0.15) is 0 Å². The number of unbranched alkanes of at least 4 members (excludes halogenated alkanes) is 1. The van der Waals surface area contributed by atoms with Crippen molar-refractivity contribution >= 4 is 29.3 Å². The normalized spacial score (nSPS) is 11.5. The summed E-state index contributed by atoms with van der Waals surface area (Å²) in [5.41, 5.74) is 0.968. The SMILES string of the molecule is CCCCc1cccc(S(=O)(=O)[O-])c1Pc1ccccc1.[Na+]. The van der Waals surface area contributed by atoms with E-state index in [1.165, 1.54) is 6.07 Å². The minimum absolute atomic E-state index is 0. The molecule has 0 saturated carbocycles. The molecule has 3 nitrogen and oxygen atoms in total. The maximum Gasteiger partial charge on any atom is 1.00 e. The Hall–Kier alpha value is -0.220. The van der Waals surface area contributed by atoms with Crippen molar-refractivity contribution in [1.82, 2.24) is 0 Å². The van der Waals surface area contributed by atoms with Crippen molar-refractivity contribution in [3.05, 3.63) is 54.1 Å². The van der Waals surface area contributed by atoms with Crippen molar-refractivity contribution in [3.8, 4) is 0 Å². The summed E-state index contributed by atoms with van der Waals surface area (Å²) in [6, 6.07) is 14.7. The molecule has 0 radical (unpaired) electrons. The molecular weight excluding hydrogens is 326 g/mol. The summed E-state index contributed by atoms with van der Waals surface area (Å²) in [5, 5.41) is 1.71. The van der Waals surface area contributed by atoms with E-state index >= 15 is 0 Å². The van der Waals surface area contributed by atoms with Gasteiger partial charge in [-0.15, -0.1) is 0 Å². The Morgan fingerprint density at radius 2 is 1.73 bits per heavy atom. The van der Waals surface area contributed by atoms with Crippen LogP contribution in [0.1, 0.15) is 25.3 Å². The first-order valence-electron chi connectivity index (χ1n) is 6.92. The molecule has 2 aromatic rings. The van der Waals surface area contributed by atoms with Crippen LogP contribution >= 0.6 is 8.58 Å². The monoisotopic (exact) mass is 344 g/mol. The summed E-state index contributed by atoms with van der Waals surface area (Å²) in [7, 11) is -4.26. The second-order valence-corrected chi connectivity index (χ2v) is 7.51. The van der Waals surface area contributed by atoms with Gasteiger partial charge in [-0.1, -0.05) is 64.4 Å². The summed E-state index contributed by atoms with van der Waals surface area (Å²) in [4.78, 5) is -0.0710. The van der Waals surface area contributed by atoms with Gasteiger partial charge in [-0.25, -0.2) is 8.42 Å². The van der Waals surface area contributed by atoms with Crippen molar-refractivity contribution in [1.29, 1.82) is 0 Å². The van der Waals surface area contributed by atoms with E-state index in [1.807, 2.05) is 36.4 Å². The average molecular weight is 344 g/mol. The van der Waals surface area contributed by atoms with Gasteiger partial charge < -0.3 is 4.55 Å². The van der Waals surface area contributed by atoms with E-state index in [-0.39, 0.29) is 43.0 Å². The Kier molecular flexibility index (Phi) is 8.26. The zero-order valence-electron chi connectivity index (χ0n) is 12.9. The smallest absolute Gasteiger partial charge is 0.744 e. The fourth-order valence-corrected chi connectivity index (χ4v) is 4.55. The molecular formula is C16H18NaO3PS. The van der Waals surface area contributed by atoms with Crippen LogP contribution in [0.15, 0.2) is 53.4 Å². The molecule has 0 bridgehead atoms. The van der Waals surface area contributed by atoms with Gasteiger partial charge in [0.05, 0.1) is 4.90 Å². The second kappa shape index (κ2) is 9.17. The van der Waals surface area contributed by atoms with Gasteiger partial charge >= 0.3 is 29.6 Å². The van der Waals surface area contributed by atoms with E-state index in [4.69, 9.17) is 0 Å². The van der Waals surface area contributed by atoms with Gasteiger partial charge in [0.25, 0.3) is 0 Å². The minimum atomic E-state index is -4.44. The maximum absolute atomic E-state index is 11.5. The zero-order chi connectivity index (χ0) is 15.3. The first-order chi connectivity index (χ1) is 10.0. The first-order valence-corrected chi connectivity index (χ1v) is 9.33. The third-order valence-electron chi connectivity index (χ3n) is 3.22. The van der Waals surface area contributed by atoms with Crippen molar-refractivity contribution in [3.63, 3.8) is 0 Å². The average Bonchev–Trinajstić information content (AvgIpc) is 2.46. The van der Waals surface area contributed by atoms with Crippen LogP contribution < -0.4 is 40.2 Å². The van der Waals surface area contributed by atoms with Crippen LogP contribution in [-0.4, -0.2) is 13.0 Å². The third-order valence-corrected chi connectivity index (χ3v) is 5.75.